The van der Waals surface area contributed by atoms with Crippen LogP contribution in [-0.2, 0) is 4.79 Å². The highest BCUT2D eigenvalue weighted by molar-refractivity contribution is 8.13. The summed E-state index contributed by atoms with van der Waals surface area (Å²) in [6.07, 6.45) is 0.385. The molecule has 2 aliphatic rings. The van der Waals surface area contributed by atoms with E-state index in [0.717, 1.165) is 28.3 Å². The van der Waals surface area contributed by atoms with Gasteiger partial charge in [-0.1, -0.05) is 60.6 Å². The fourth-order valence-corrected chi connectivity index (χ4v) is 4.51. The first-order chi connectivity index (χ1) is 15.2. The van der Waals surface area contributed by atoms with Crippen molar-refractivity contribution >= 4 is 40.1 Å². The number of hydrazone groups is 1. The van der Waals surface area contributed by atoms with Crippen molar-refractivity contribution in [3.05, 3.63) is 82.0 Å². The number of hydrogen-bond acceptors (Lipinski definition) is 6. The molecule has 3 heterocycles. The van der Waals surface area contributed by atoms with Crippen molar-refractivity contribution in [3.8, 4) is 11.3 Å². The fourth-order valence-electron chi connectivity index (χ4n) is 3.57. The third-order valence-electron chi connectivity index (χ3n) is 4.98. The summed E-state index contributed by atoms with van der Waals surface area (Å²) < 4.78 is 6.16. The van der Waals surface area contributed by atoms with Crippen LogP contribution >= 0.6 is 23.4 Å². The van der Waals surface area contributed by atoms with Crippen LogP contribution in [0, 0.1) is 0 Å². The minimum atomic E-state index is -0.593. The molecule has 0 saturated carbocycles. The number of fused-ring (bicyclic) bond motifs is 2. The van der Waals surface area contributed by atoms with Crippen LogP contribution in [0.3, 0.4) is 0 Å². The maximum Gasteiger partial charge on any atom is 0.276 e. The van der Waals surface area contributed by atoms with E-state index in [1.54, 1.807) is 5.01 Å². The van der Waals surface area contributed by atoms with Gasteiger partial charge in [0.1, 0.15) is 11.5 Å². The first-order valence-corrected chi connectivity index (χ1v) is 11.4. The first kappa shape index (κ1) is 19.9. The summed E-state index contributed by atoms with van der Waals surface area (Å²) in [5.41, 5.74) is 1.27. The van der Waals surface area contributed by atoms with E-state index in [1.807, 2.05) is 60.7 Å². The molecule has 8 heteroatoms. The summed E-state index contributed by atoms with van der Waals surface area (Å²) in [4.78, 5) is 17.9. The van der Waals surface area contributed by atoms with Crippen LogP contribution in [0.15, 0.2) is 75.2 Å². The molecule has 6 nitrogen and oxygen atoms in total. The molecule has 3 aromatic rings. The number of nitrogens with zero attached hydrogens (tertiary/aromatic N) is 3. The molecule has 1 N–H and O–H groups in total. The molecule has 0 aliphatic carbocycles. The summed E-state index contributed by atoms with van der Waals surface area (Å²) >= 11 is 7.86. The van der Waals surface area contributed by atoms with Crippen LogP contribution < -0.4 is 15.9 Å². The number of hydrogen-bond donors (Lipinski definition) is 1. The van der Waals surface area contributed by atoms with Crippen molar-refractivity contribution in [1.29, 1.82) is 0 Å². The van der Waals surface area contributed by atoms with E-state index < -0.39 is 6.17 Å². The van der Waals surface area contributed by atoms with Crippen LogP contribution in [0.2, 0.25) is 5.02 Å². The Morgan fingerprint density at radius 1 is 1.13 bits per heavy atom. The van der Waals surface area contributed by atoms with E-state index in [4.69, 9.17) is 26.1 Å². The minimum absolute atomic E-state index is 0.196. The Kier molecular flexibility index (Phi) is 5.29. The quantitative estimate of drug-likeness (QED) is 0.654. The maximum absolute atomic E-state index is 13.0. The van der Waals surface area contributed by atoms with E-state index in [0.29, 0.717) is 27.4 Å². The standard InChI is InChI=1S/C23H19ClN4O2S/c1-2-13-31-23-26-22(29)20-15-8-4-6-10-17(15)25-21(28(20)27-23)19-12-11-18(30-19)14-7-3-5-9-16(14)24/h3-12,21H,2,13H2,1H3,(H,26,27,29)/t21-/m0/s1. The smallest absolute Gasteiger partial charge is 0.276 e. The predicted molar refractivity (Wildman–Crippen MR) is 123 cm³/mol. The molecule has 0 unspecified atom stereocenters. The van der Waals surface area contributed by atoms with Crippen LogP contribution in [0.4, 0.5) is 0 Å². The molecule has 2 aromatic carbocycles. The molecule has 1 atom stereocenters. The Balaban J connectivity index is 1.63. The summed E-state index contributed by atoms with van der Waals surface area (Å²) in [7, 11) is 0. The van der Waals surface area contributed by atoms with Gasteiger partial charge in [-0.2, -0.15) is 0 Å². The van der Waals surface area contributed by atoms with Gasteiger partial charge in [0.05, 0.1) is 10.4 Å². The summed E-state index contributed by atoms with van der Waals surface area (Å²) in [5.74, 6) is 1.89. The molecule has 31 heavy (non-hydrogen) atoms. The molecule has 1 amide bonds. The SMILES string of the molecule is CCCSC1=NN2C(=c3ccccc3=N[C@@H]2c2ccc(-c3ccccc3Cl)o2)C(=O)N1. The van der Waals surface area contributed by atoms with Gasteiger partial charge < -0.3 is 4.42 Å². The van der Waals surface area contributed by atoms with Gasteiger partial charge in [-0.05, 0) is 36.8 Å². The van der Waals surface area contributed by atoms with E-state index in [2.05, 4.69) is 12.2 Å². The number of carbonyl (C=O) groups excluding carboxylic acids is 1. The number of amides is 1. The third kappa shape index (κ3) is 3.64. The van der Waals surface area contributed by atoms with Crippen molar-refractivity contribution < 1.29 is 9.21 Å². The van der Waals surface area contributed by atoms with E-state index in [1.165, 1.54) is 11.8 Å². The Bertz CT molecular complexity index is 1320. The zero-order valence-electron chi connectivity index (χ0n) is 16.7. The van der Waals surface area contributed by atoms with Crippen molar-refractivity contribution in [2.75, 3.05) is 5.75 Å². The molecule has 0 fully saturated rings. The second-order valence-electron chi connectivity index (χ2n) is 7.10. The van der Waals surface area contributed by atoms with Gasteiger partial charge in [-0.25, -0.2) is 10.0 Å². The number of rotatable bonds is 4. The summed E-state index contributed by atoms with van der Waals surface area (Å²) in [5, 5.41) is 11.9. The third-order valence-corrected chi connectivity index (χ3v) is 6.38. The molecule has 0 radical (unpaired) electrons. The number of carbonyl (C=O) groups is 1. The average Bonchev–Trinajstić information content (AvgIpc) is 3.27. The van der Waals surface area contributed by atoms with E-state index in [9.17, 15) is 4.79 Å². The van der Waals surface area contributed by atoms with Crippen LogP contribution in [0.5, 0.6) is 0 Å². The molecule has 0 spiro atoms. The molecule has 5 rings (SSSR count). The second kappa shape index (κ2) is 8.24. The van der Waals surface area contributed by atoms with Gasteiger partial charge in [0, 0.05) is 16.5 Å². The lowest BCUT2D eigenvalue weighted by Gasteiger charge is -2.32. The molecule has 2 aliphatic heterocycles. The largest absolute Gasteiger partial charge is 0.457 e. The van der Waals surface area contributed by atoms with Crippen LogP contribution in [0.1, 0.15) is 25.3 Å². The van der Waals surface area contributed by atoms with Gasteiger partial charge in [-0.15, -0.1) is 5.10 Å². The number of nitrogens with one attached hydrogen (secondary N) is 1. The number of benzene rings is 2. The molecule has 1 aromatic heterocycles. The average molecular weight is 451 g/mol. The lowest BCUT2D eigenvalue weighted by atomic mass is 10.1. The molecule has 0 bridgehead atoms. The van der Waals surface area contributed by atoms with Crippen molar-refractivity contribution in [3.63, 3.8) is 0 Å². The topological polar surface area (TPSA) is 70.2 Å². The molecular formula is C23H19ClN4O2S. The zero-order valence-corrected chi connectivity index (χ0v) is 18.3. The van der Waals surface area contributed by atoms with Crippen molar-refractivity contribution in [1.82, 2.24) is 10.3 Å². The maximum atomic E-state index is 13.0. The predicted octanol–water partition coefficient (Wildman–Crippen LogP) is 3.89. The minimum Gasteiger partial charge on any atom is -0.457 e. The van der Waals surface area contributed by atoms with Gasteiger partial charge in [0.2, 0.25) is 6.17 Å². The Morgan fingerprint density at radius 2 is 1.94 bits per heavy atom. The van der Waals surface area contributed by atoms with E-state index in [-0.39, 0.29) is 5.91 Å². The number of halogens is 1. The van der Waals surface area contributed by atoms with Crippen LogP contribution in [0.25, 0.3) is 17.0 Å². The first-order valence-electron chi connectivity index (χ1n) is 9.99. The van der Waals surface area contributed by atoms with Crippen molar-refractivity contribution in [2.24, 2.45) is 10.1 Å². The normalized spacial score (nSPS) is 17.4. The lowest BCUT2D eigenvalue weighted by molar-refractivity contribution is -0.116. The fraction of sp³-hybridized carbons (Fsp3) is 0.174. The molecular weight excluding hydrogens is 432 g/mol. The Hall–Kier alpha value is -3.03. The summed E-state index contributed by atoms with van der Waals surface area (Å²) in [6, 6.07) is 18.8. The number of amidine groups is 1. The molecule has 0 saturated heterocycles. The van der Waals surface area contributed by atoms with Gasteiger partial charge >= 0.3 is 0 Å². The van der Waals surface area contributed by atoms with Crippen LogP contribution in [-0.4, -0.2) is 21.8 Å². The van der Waals surface area contributed by atoms with Gasteiger partial charge in [-0.3, -0.25) is 10.1 Å². The highest BCUT2D eigenvalue weighted by Crippen LogP contribution is 2.35. The number of thioether (sulfide) groups is 1. The monoisotopic (exact) mass is 450 g/mol. The Labute approximate surface area is 188 Å². The zero-order chi connectivity index (χ0) is 21.4. The Morgan fingerprint density at radius 3 is 2.77 bits per heavy atom. The van der Waals surface area contributed by atoms with Crippen molar-refractivity contribution in [2.45, 2.75) is 19.5 Å². The summed E-state index contributed by atoms with van der Waals surface area (Å²) in [6.45, 7) is 2.09. The van der Waals surface area contributed by atoms with E-state index >= 15 is 0 Å². The second-order valence-corrected chi connectivity index (χ2v) is 8.59. The highest BCUT2D eigenvalue weighted by Gasteiger charge is 2.35. The highest BCUT2D eigenvalue weighted by atomic mass is 35.5. The molecule has 156 valence electrons. The van der Waals surface area contributed by atoms with Gasteiger partial charge in [0.15, 0.2) is 10.9 Å². The lowest BCUT2D eigenvalue weighted by Crippen LogP contribution is -2.50. The number of para-hydroxylation sites is 1. The van der Waals surface area contributed by atoms with Gasteiger partial charge in [0.25, 0.3) is 5.91 Å². The number of furan rings is 1.